The number of rotatable bonds is 4. The number of nitrogens with one attached hydrogen (secondary N) is 2. The third kappa shape index (κ3) is 3.05. The second-order valence-corrected chi connectivity index (χ2v) is 9.14. The quantitative estimate of drug-likeness (QED) is 0.633. The molecule has 5 rings (SSSR count). The lowest BCUT2D eigenvalue weighted by Crippen LogP contribution is -2.67. The molecule has 5 nitrogen and oxygen atoms in total. The molecule has 0 spiro atoms. The van der Waals surface area contributed by atoms with Gasteiger partial charge in [-0.05, 0) is 87.4 Å². The summed E-state index contributed by atoms with van der Waals surface area (Å²) < 4.78 is 0. The molecular weight excluding hydrogens is 302 g/mol. The molecule has 24 heavy (non-hydrogen) atoms. The Kier molecular flexibility index (Phi) is 4.50. The highest BCUT2D eigenvalue weighted by Gasteiger charge is 2.55. The highest BCUT2D eigenvalue weighted by atomic mass is 16.3. The van der Waals surface area contributed by atoms with E-state index in [1.54, 1.807) is 0 Å². The second-order valence-electron chi connectivity index (χ2n) is 9.14. The van der Waals surface area contributed by atoms with Gasteiger partial charge in [0.2, 0.25) is 0 Å². The smallest absolute Gasteiger partial charge is 0.315 e. The number of carbonyl (C=O) groups excluding carboxylic acids is 1. The van der Waals surface area contributed by atoms with Crippen LogP contribution in [0.4, 0.5) is 4.79 Å². The van der Waals surface area contributed by atoms with Gasteiger partial charge in [0.25, 0.3) is 0 Å². The molecule has 0 saturated heterocycles. The SMILES string of the molecule is NC1(CNC(=O)NC2CCC(CO)CC2)C2CC3CC(C2)CC1C3. The van der Waals surface area contributed by atoms with E-state index in [0.29, 0.717) is 24.3 Å². The fourth-order valence-corrected chi connectivity index (χ4v) is 6.31. The summed E-state index contributed by atoms with van der Waals surface area (Å²) in [5.41, 5.74) is 6.66. The van der Waals surface area contributed by atoms with Gasteiger partial charge in [-0.15, -0.1) is 0 Å². The summed E-state index contributed by atoms with van der Waals surface area (Å²) in [7, 11) is 0. The summed E-state index contributed by atoms with van der Waals surface area (Å²) in [6.45, 7) is 0.902. The number of hydrogen-bond acceptors (Lipinski definition) is 3. The number of nitrogens with two attached hydrogens (primary N) is 1. The molecule has 0 radical (unpaired) electrons. The fourth-order valence-electron chi connectivity index (χ4n) is 6.31. The van der Waals surface area contributed by atoms with Crippen molar-refractivity contribution >= 4 is 6.03 Å². The van der Waals surface area contributed by atoms with Crippen molar-refractivity contribution in [1.82, 2.24) is 10.6 Å². The van der Waals surface area contributed by atoms with Gasteiger partial charge in [-0.3, -0.25) is 0 Å². The van der Waals surface area contributed by atoms with Crippen LogP contribution in [-0.2, 0) is 0 Å². The predicted octanol–water partition coefficient (Wildman–Crippen LogP) is 1.99. The fraction of sp³-hybridized carbons (Fsp3) is 0.947. The molecule has 136 valence electrons. The van der Waals surface area contributed by atoms with Gasteiger partial charge in [-0.1, -0.05) is 0 Å². The van der Waals surface area contributed by atoms with E-state index in [4.69, 9.17) is 5.73 Å². The summed E-state index contributed by atoms with van der Waals surface area (Å²) >= 11 is 0. The van der Waals surface area contributed by atoms with Crippen LogP contribution in [0.1, 0.15) is 57.8 Å². The maximum atomic E-state index is 12.3. The first-order valence-electron chi connectivity index (χ1n) is 10.0. The van der Waals surface area contributed by atoms with Gasteiger partial charge < -0.3 is 21.5 Å². The number of carbonyl (C=O) groups is 1. The average Bonchev–Trinajstić information content (AvgIpc) is 2.58. The highest BCUT2D eigenvalue weighted by molar-refractivity contribution is 5.74. The minimum atomic E-state index is -0.181. The summed E-state index contributed by atoms with van der Waals surface area (Å²) in [6.07, 6.45) is 10.5. The Hall–Kier alpha value is -0.810. The molecule has 0 heterocycles. The van der Waals surface area contributed by atoms with E-state index >= 15 is 0 Å². The zero-order chi connectivity index (χ0) is 16.7. The molecule has 0 aromatic rings. The van der Waals surface area contributed by atoms with Crippen LogP contribution >= 0.6 is 0 Å². The third-order valence-electron chi connectivity index (χ3n) is 7.65. The molecule has 4 bridgehead atoms. The minimum Gasteiger partial charge on any atom is -0.396 e. The van der Waals surface area contributed by atoms with E-state index in [-0.39, 0.29) is 24.2 Å². The molecule has 0 atom stereocenters. The molecule has 5 heteroatoms. The number of aliphatic hydroxyl groups excluding tert-OH is 1. The molecular formula is C19H33N3O2. The molecule has 5 aliphatic rings. The number of urea groups is 1. The average molecular weight is 335 g/mol. The monoisotopic (exact) mass is 335 g/mol. The van der Waals surface area contributed by atoms with Gasteiger partial charge in [0.05, 0.1) is 0 Å². The van der Waals surface area contributed by atoms with Crippen LogP contribution in [0.25, 0.3) is 0 Å². The molecule has 5 fully saturated rings. The molecule has 5 saturated carbocycles. The maximum absolute atomic E-state index is 12.3. The second kappa shape index (κ2) is 6.49. The Morgan fingerprint density at radius 2 is 1.58 bits per heavy atom. The Labute approximate surface area is 145 Å². The lowest BCUT2D eigenvalue weighted by atomic mass is 9.49. The van der Waals surface area contributed by atoms with Crippen LogP contribution in [0.15, 0.2) is 0 Å². The Bertz CT molecular complexity index is 445. The lowest BCUT2D eigenvalue weighted by molar-refractivity contribution is -0.0530. The molecule has 0 aromatic heterocycles. The topological polar surface area (TPSA) is 87.4 Å². The van der Waals surface area contributed by atoms with Crippen molar-refractivity contribution in [3.8, 4) is 0 Å². The van der Waals surface area contributed by atoms with Crippen LogP contribution in [0.3, 0.4) is 0 Å². The molecule has 0 aromatic carbocycles. The molecule has 2 amide bonds. The highest BCUT2D eigenvalue weighted by Crippen LogP contribution is 2.57. The first kappa shape index (κ1) is 16.6. The van der Waals surface area contributed by atoms with Crippen LogP contribution in [0, 0.1) is 29.6 Å². The van der Waals surface area contributed by atoms with Gasteiger partial charge in [-0.2, -0.15) is 0 Å². The van der Waals surface area contributed by atoms with Crippen molar-refractivity contribution in [3.05, 3.63) is 0 Å². The van der Waals surface area contributed by atoms with Crippen molar-refractivity contribution in [2.45, 2.75) is 69.4 Å². The maximum Gasteiger partial charge on any atom is 0.315 e. The van der Waals surface area contributed by atoms with Gasteiger partial charge in [-0.25, -0.2) is 4.79 Å². The molecule has 5 aliphatic carbocycles. The van der Waals surface area contributed by atoms with Crippen molar-refractivity contribution in [2.24, 2.45) is 35.3 Å². The number of aliphatic hydroxyl groups is 1. The number of hydrogen-bond donors (Lipinski definition) is 4. The van der Waals surface area contributed by atoms with Crippen molar-refractivity contribution in [3.63, 3.8) is 0 Å². The van der Waals surface area contributed by atoms with Crippen LogP contribution in [-0.4, -0.2) is 35.9 Å². The largest absolute Gasteiger partial charge is 0.396 e. The minimum absolute atomic E-state index is 0.0546. The molecule has 0 aliphatic heterocycles. The van der Waals surface area contributed by atoms with Gasteiger partial charge >= 0.3 is 6.03 Å². The van der Waals surface area contributed by atoms with E-state index in [1.165, 1.54) is 32.1 Å². The van der Waals surface area contributed by atoms with E-state index in [0.717, 1.165) is 37.5 Å². The van der Waals surface area contributed by atoms with Gasteiger partial charge in [0.15, 0.2) is 0 Å². The first-order chi connectivity index (χ1) is 11.6. The van der Waals surface area contributed by atoms with Crippen molar-refractivity contribution < 1.29 is 9.90 Å². The summed E-state index contributed by atoms with van der Waals surface area (Å²) in [5.74, 6) is 3.44. The van der Waals surface area contributed by atoms with E-state index in [9.17, 15) is 9.90 Å². The lowest BCUT2D eigenvalue weighted by Gasteiger charge is -2.59. The van der Waals surface area contributed by atoms with Gasteiger partial charge in [0, 0.05) is 24.7 Å². The normalized spacial score (nSPS) is 46.8. The first-order valence-corrected chi connectivity index (χ1v) is 10.0. The van der Waals surface area contributed by atoms with Crippen LogP contribution in [0.5, 0.6) is 0 Å². The van der Waals surface area contributed by atoms with Crippen LogP contribution in [0.2, 0.25) is 0 Å². The van der Waals surface area contributed by atoms with Crippen LogP contribution < -0.4 is 16.4 Å². The van der Waals surface area contributed by atoms with Crippen molar-refractivity contribution in [2.75, 3.05) is 13.2 Å². The number of amides is 2. The molecule has 5 N–H and O–H groups in total. The third-order valence-corrected chi connectivity index (χ3v) is 7.65. The standard InChI is InChI=1S/C19H33N3O2/c20-19(15-6-13-5-14(8-15)9-16(19)7-13)11-21-18(24)22-17-3-1-12(10-23)2-4-17/h12-17,23H,1-11,20H2,(H2,21,22,24). The predicted molar refractivity (Wildman–Crippen MR) is 93.3 cm³/mol. The zero-order valence-electron chi connectivity index (χ0n) is 14.7. The summed E-state index contributed by atoms with van der Waals surface area (Å²) in [4.78, 5) is 12.3. The molecule has 0 unspecified atom stereocenters. The van der Waals surface area contributed by atoms with E-state index in [2.05, 4.69) is 10.6 Å². The van der Waals surface area contributed by atoms with Gasteiger partial charge in [0.1, 0.15) is 0 Å². The Morgan fingerprint density at radius 1 is 1.00 bits per heavy atom. The van der Waals surface area contributed by atoms with E-state index < -0.39 is 0 Å². The Morgan fingerprint density at radius 3 is 2.12 bits per heavy atom. The van der Waals surface area contributed by atoms with E-state index in [1.807, 2.05) is 0 Å². The van der Waals surface area contributed by atoms with Crippen molar-refractivity contribution in [1.29, 1.82) is 0 Å². The summed E-state index contributed by atoms with van der Waals surface area (Å²) in [5, 5.41) is 15.4. The summed E-state index contributed by atoms with van der Waals surface area (Å²) in [6, 6.07) is 0.195. The Balaban J connectivity index is 1.27. The zero-order valence-corrected chi connectivity index (χ0v) is 14.7.